The number of hydrogen-bond acceptors (Lipinski definition) is 5. The van der Waals surface area contributed by atoms with Crippen molar-refractivity contribution in [3.8, 4) is 16.9 Å². The van der Waals surface area contributed by atoms with Crippen LogP contribution in [0.25, 0.3) is 11.1 Å². The Balaban J connectivity index is 1.85. The Kier molecular flexibility index (Phi) is 4.57. The summed E-state index contributed by atoms with van der Waals surface area (Å²) in [6.07, 6.45) is 0. The van der Waals surface area contributed by atoms with Crippen LogP contribution in [0.15, 0.2) is 66.7 Å². The average molecular weight is 348 g/mol. The van der Waals surface area contributed by atoms with Gasteiger partial charge in [-0.2, -0.15) is 0 Å². The number of carboxylic acid groups (broad SMARTS) is 1. The standard InChI is InChI=1S/C20H16N2O4/c21-17-15(10-11-16(18(17)22)19(23)24)12-6-8-13(9-7-12)20(25)26-14-4-2-1-3-5-14/h1-11H,21-22H2,(H,23,24). The van der Waals surface area contributed by atoms with Gasteiger partial charge in [0.1, 0.15) is 5.75 Å². The van der Waals surface area contributed by atoms with E-state index in [1.807, 2.05) is 6.07 Å². The zero-order chi connectivity index (χ0) is 18.7. The molecule has 0 aromatic heterocycles. The number of rotatable bonds is 4. The first kappa shape index (κ1) is 17.0. The Hall–Kier alpha value is -3.80. The quantitative estimate of drug-likeness (QED) is 0.378. The van der Waals surface area contributed by atoms with Gasteiger partial charge in [0.2, 0.25) is 0 Å². The maximum atomic E-state index is 12.2. The highest BCUT2D eigenvalue weighted by molar-refractivity contribution is 6.00. The van der Waals surface area contributed by atoms with Gasteiger partial charge in [-0.1, -0.05) is 36.4 Å². The van der Waals surface area contributed by atoms with Crippen molar-refractivity contribution in [2.45, 2.75) is 0 Å². The van der Waals surface area contributed by atoms with E-state index in [1.165, 1.54) is 6.07 Å². The molecule has 130 valence electrons. The highest BCUT2D eigenvalue weighted by Gasteiger charge is 2.15. The van der Waals surface area contributed by atoms with Gasteiger partial charge in [-0.05, 0) is 35.9 Å². The van der Waals surface area contributed by atoms with E-state index < -0.39 is 11.9 Å². The molecular weight excluding hydrogens is 332 g/mol. The molecule has 3 aromatic carbocycles. The number of carbonyl (C=O) groups is 2. The van der Waals surface area contributed by atoms with Gasteiger partial charge in [0.15, 0.2) is 0 Å². The maximum absolute atomic E-state index is 12.2. The summed E-state index contributed by atoms with van der Waals surface area (Å²) in [5, 5.41) is 9.08. The van der Waals surface area contributed by atoms with Crippen molar-refractivity contribution in [3.63, 3.8) is 0 Å². The molecule has 0 aliphatic carbocycles. The Morgan fingerprint density at radius 2 is 1.46 bits per heavy atom. The molecule has 5 N–H and O–H groups in total. The Bertz CT molecular complexity index is 967. The molecule has 0 radical (unpaired) electrons. The molecule has 3 aromatic rings. The summed E-state index contributed by atoms with van der Waals surface area (Å²) >= 11 is 0. The van der Waals surface area contributed by atoms with E-state index in [2.05, 4.69) is 0 Å². The lowest BCUT2D eigenvalue weighted by Crippen LogP contribution is -2.08. The number of para-hydroxylation sites is 1. The lowest BCUT2D eigenvalue weighted by molar-refractivity contribution is 0.0695. The number of carbonyl (C=O) groups excluding carboxylic acids is 1. The van der Waals surface area contributed by atoms with Crippen LogP contribution in [-0.4, -0.2) is 17.0 Å². The minimum Gasteiger partial charge on any atom is -0.478 e. The van der Waals surface area contributed by atoms with Gasteiger partial charge in [0, 0.05) is 5.56 Å². The Morgan fingerprint density at radius 1 is 0.808 bits per heavy atom. The third-order valence-electron chi connectivity index (χ3n) is 3.90. The Morgan fingerprint density at radius 3 is 2.08 bits per heavy atom. The van der Waals surface area contributed by atoms with Crippen molar-refractivity contribution >= 4 is 23.3 Å². The minimum absolute atomic E-state index is 0.0163. The fourth-order valence-corrected chi connectivity index (χ4v) is 2.51. The molecule has 3 rings (SSSR count). The lowest BCUT2D eigenvalue weighted by Gasteiger charge is -2.11. The predicted molar refractivity (Wildman–Crippen MR) is 99.1 cm³/mol. The van der Waals surface area contributed by atoms with Crippen LogP contribution in [-0.2, 0) is 0 Å². The molecule has 0 unspecified atom stereocenters. The third-order valence-corrected chi connectivity index (χ3v) is 3.90. The summed E-state index contributed by atoms with van der Waals surface area (Å²) in [4.78, 5) is 23.3. The molecule has 6 heteroatoms. The first-order chi connectivity index (χ1) is 12.5. The second-order valence-corrected chi connectivity index (χ2v) is 5.57. The van der Waals surface area contributed by atoms with E-state index in [4.69, 9.17) is 21.3 Å². The first-order valence-electron chi connectivity index (χ1n) is 7.76. The fraction of sp³-hybridized carbons (Fsp3) is 0. The smallest absolute Gasteiger partial charge is 0.343 e. The molecule has 0 saturated carbocycles. The van der Waals surface area contributed by atoms with Gasteiger partial charge in [-0.15, -0.1) is 0 Å². The van der Waals surface area contributed by atoms with Crippen LogP contribution >= 0.6 is 0 Å². The number of nitrogen functional groups attached to an aromatic ring is 2. The lowest BCUT2D eigenvalue weighted by atomic mass is 9.99. The van der Waals surface area contributed by atoms with Crippen LogP contribution in [0.2, 0.25) is 0 Å². The van der Waals surface area contributed by atoms with Crippen LogP contribution in [0.4, 0.5) is 11.4 Å². The van der Waals surface area contributed by atoms with E-state index in [1.54, 1.807) is 54.6 Å². The molecule has 0 bridgehead atoms. The summed E-state index contributed by atoms with van der Waals surface area (Å²) in [6.45, 7) is 0. The molecule has 26 heavy (non-hydrogen) atoms. The summed E-state index contributed by atoms with van der Waals surface area (Å²) in [5.74, 6) is -1.15. The highest BCUT2D eigenvalue weighted by Crippen LogP contribution is 2.32. The van der Waals surface area contributed by atoms with Crippen molar-refractivity contribution in [3.05, 3.63) is 77.9 Å². The normalized spacial score (nSPS) is 10.3. The summed E-state index contributed by atoms with van der Waals surface area (Å²) in [6, 6.07) is 18.4. The number of aromatic carboxylic acids is 1. The molecular formula is C20H16N2O4. The number of anilines is 2. The second-order valence-electron chi connectivity index (χ2n) is 5.57. The minimum atomic E-state index is -1.14. The number of carboxylic acids is 1. The van der Waals surface area contributed by atoms with Crippen LogP contribution < -0.4 is 16.2 Å². The van der Waals surface area contributed by atoms with Crippen molar-refractivity contribution in [1.82, 2.24) is 0 Å². The van der Waals surface area contributed by atoms with Gasteiger partial charge in [0.25, 0.3) is 0 Å². The zero-order valence-corrected chi connectivity index (χ0v) is 13.7. The van der Waals surface area contributed by atoms with Crippen molar-refractivity contribution in [2.75, 3.05) is 11.5 Å². The average Bonchev–Trinajstić information content (AvgIpc) is 2.64. The number of hydrogen-bond donors (Lipinski definition) is 3. The van der Waals surface area contributed by atoms with E-state index in [9.17, 15) is 9.59 Å². The number of esters is 1. The largest absolute Gasteiger partial charge is 0.478 e. The third kappa shape index (κ3) is 3.34. The molecule has 0 aliphatic rings. The van der Waals surface area contributed by atoms with Crippen molar-refractivity contribution in [1.29, 1.82) is 0 Å². The van der Waals surface area contributed by atoms with Crippen molar-refractivity contribution in [2.24, 2.45) is 0 Å². The summed E-state index contributed by atoms with van der Waals surface area (Å²) < 4.78 is 5.28. The first-order valence-corrected chi connectivity index (χ1v) is 7.76. The molecule has 0 fully saturated rings. The number of nitrogens with two attached hydrogens (primary N) is 2. The molecule has 0 heterocycles. The molecule has 0 amide bonds. The summed E-state index contributed by atoms with van der Waals surface area (Å²) in [5.41, 5.74) is 13.6. The number of ether oxygens (including phenoxy) is 1. The highest BCUT2D eigenvalue weighted by atomic mass is 16.5. The van der Waals surface area contributed by atoms with Crippen LogP contribution in [0.3, 0.4) is 0 Å². The van der Waals surface area contributed by atoms with Gasteiger partial charge < -0.3 is 21.3 Å². The molecule has 0 aliphatic heterocycles. The molecule has 0 atom stereocenters. The van der Waals surface area contributed by atoms with E-state index >= 15 is 0 Å². The fourth-order valence-electron chi connectivity index (χ4n) is 2.51. The molecule has 6 nitrogen and oxygen atoms in total. The van der Waals surface area contributed by atoms with Crippen LogP contribution in [0.1, 0.15) is 20.7 Å². The van der Waals surface area contributed by atoms with Crippen molar-refractivity contribution < 1.29 is 19.4 Å². The van der Waals surface area contributed by atoms with Crippen LogP contribution in [0, 0.1) is 0 Å². The van der Waals surface area contributed by atoms with Gasteiger partial charge in [-0.25, -0.2) is 9.59 Å². The maximum Gasteiger partial charge on any atom is 0.343 e. The van der Waals surface area contributed by atoms with Crippen LogP contribution in [0.5, 0.6) is 5.75 Å². The topological polar surface area (TPSA) is 116 Å². The van der Waals surface area contributed by atoms with E-state index in [0.717, 1.165) is 0 Å². The molecule has 0 spiro atoms. The number of benzene rings is 3. The molecule has 0 saturated heterocycles. The van der Waals surface area contributed by atoms with Gasteiger partial charge in [-0.3, -0.25) is 0 Å². The second kappa shape index (κ2) is 6.98. The Labute approximate surface area is 149 Å². The SMILES string of the molecule is Nc1c(C(=O)O)ccc(-c2ccc(C(=O)Oc3ccccc3)cc2)c1N. The monoisotopic (exact) mass is 348 g/mol. The van der Waals surface area contributed by atoms with E-state index in [-0.39, 0.29) is 16.9 Å². The summed E-state index contributed by atoms with van der Waals surface area (Å²) in [7, 11) is 0. The van der Waals surface area contributed by atoms with Gasteiger partial charge >= 0.3 is 11.9 Å². The zero-order valence-electron chi connectivity index (χ0n) is 13.7. The predicted octanol–water partition coefficient (Wildman–Crippen LogP) is 3.44. The van der Waals surface area contributed by atoms with Gasteiger partial charge in [0.05, 0.1) is 22.5 Å². The van der Waals surface area contributed by atoms with E-state index in [0.29, 0.717) is 22.4 Å².